The molecule has 0 spiro atoms. The third-order valence-corrected chi connectivity index (χ3v) is 5.65. The van der Waals surface area contributed by atoms with Crippen LogP contribution in [-0.2, 0) is 11.3 Å². The minimum atomic E-state index is -0.440. The molecule has 140 valence electrons. The molecule has 1 saturated carbocycles. The highest BCUT2D eigenvalue weighted by molar-refractivity contribution is 7.13. The maximum absolute atomic E-state index is 13.1. The number of anilines is 2. The Bertz CT molecular complexity index is 774. The van der Waals surface area contributed by atoms with Crippen molar-refractivity contribution in [1.29, 1.82) is 0 Å². The summed E-state index contributed by atoms with van der Waals surface area (Å²) in [7, 11) is 0. The van der Waals surface area contributed by atoms with Crippen molar-refractivity contribution in [3.8, 4) is 0 Å². The number of benzene rings is 1. The number of aryl methyl sites for hydroxylation is 1. The van der Waals surface area contributed by atoms with Crippen molar-refractivity contribution in [2.24, 2.45) is 5.41 Å². The Morgan fingerprint density at radius 3 is 2.54 bits per heavy atom. The first kappa shape index (κ1) is 18.9. The molecular formula is C21H29N3OS. The lowest BCUT2D eigenvalue weighted by molar-refractivity contribution is -0.125. The molecule has 1 aromatic carbocycles. The van der Waals surface area contributed by atoms with Crippen LogP contribution >= 0.6 is 11.3 Å². The van der Waals surface area contributed by atoms with Gasteiger partial charge in [-0.3, -0.25) is 4.79 Å². The largest absolute Gasteiger partial charge is 0.345 e. The van der Waals surface area contributed by atoms with Crippen LogP contribution in [0.2, 0.25) is 0 Å². The Morgan fingerprint density at radius 1 is 1.27 bits per heavy atom. The fourth-order valence-corrected chi connectivity index (χ4v) is 4.09. The first-order valence-electron chi connectivity index (χ1n) is 9.40. The molecular weight excluding hydrogens is 342 g/mol. The van der Waals surface area contributed by atoms with Crippen LogP contribution in [0.1, 0.15) is 51.8 Å². The Labute approximate surface area is 160 Å². The van der Waals surface area contributed by atoms with Gasteiger partial charge in [0.1, 0.15) is 0 Å². The number of thiazole rings is 1. The van der Waals surface area contributed by atoms with Gasteiger partial charge in [0.15, 0.2) is 5.13 Å². The monoisotopic (exact) mass is 371 g/mol. The fourth-order valence-electron chi connectivity index (χ4n) is 3.14. The van der Waals surface area contributed by atoms with E-state index in [9.17, 15) is 4.79 Å². The summed E-state index contributed by atoms with van der Waals surface area (Å²) in [6, 6.07) is 8.73. The number of hydrogen-bond donors (Lipinski definition) is 0. The van der Waals surface area contributed by atoms with Gasteiger partial charge in [0.05, 0.1) is 12.2 Å². The Balaban J connectivity index is 1.88. The normalized spacial score (nSPS) is 14.3. The molecule has 0 aliphatic heterocycles. The molecule has 0 bridgehead atoms. The number of amides is 1. The molecule has 0 N–H and O–H groups in total. The number of para-hydroxylation sites is 1. The van der Waals surface area contributed by atoms with Gasteiger partial charge in [-0.1, -0.05) is 39.0 Å². The average molecular weight is 372 g/mol. The summed E-state index contributed by atoms with van der Waals surface area (Å²) in [5.74, 6) is 0.121. The second-order valence-electron chi connectivity index (χ2n) is 8.07. The summed E-state index contributed by atoms with van der Waals surface area (Å²) in [6.07, 6.45) is 2.53. The molecule has 0 unspecified atom stereocenters. The maximum atomic E-state index is 13.1. The Hall–Kier alpha value is -1.88. The quantitative estimate of drug-likeness (QED) is 0.715. The van der Waals surface area contributed by atoms with Crippen molar-refractivity contribution in [1.82, 2.24) is 4.98 Å². The highest BCUT2D eigenvalue weighted by Crippen LogP contribution is 2.34. The average Bonchev–Trinajstić information content (AvgIpc) is 3.31. The van der Waals surface area contributed by atoms with Crippen molar-refractivity contribution in [2.75, 3.05) is 16.3 Å². The molecule has 1 amide bonds. The standard InChI is InChI=1S/C21H29N3OS/c1-6-23(17-11-12-17)20-22-16(14-26-20)13-24(19(25)21(3,4)5)18-10-8-7-9-15(18)2/h7-10,14,17H,6,11-13H2,1-5H3. The summed E-state index contributed by atoms with van der Waals surface area (Å²) >= 11 is 1.69. The zero-order valence-electron chi connectivity index (χ0n) is 16.5. The van der Waals surface area contributed by atoms with Gasteiger partial charge in [-0.2, -0.15) is 0 Å². The van der Waals surface area contributed by atoms with Crippen LogP contribution in [0.5, 0.6) is 0 Å². The van der Waals surface area contributed by atoms with Gasteiger partial charge >= 0.3 is 0 Å². The Morgan fingerprint density at radius 2 is 1.96 bits per heavy atom. The molecule has 5 heteroatoms. The van der Waals surface area contributed by atoms with E-state index < -0.39 is 5.41 Å². The summed E-state index contributed by atoms with van der Waals surface area (Å²) in [4.78, 5) is 22.3. The van der Waals surface area contributed by atoms with Crippen LogP contribution in [-0.4, -0.2) is 23.5 Å². The minimum absolute atomic E-state index is 0.121. The molecule has 1 aliphatic carbocycles. The number of aromatic nitrogens is 1. The van der Waals surface area contributed by atoms with Gasteiger partial charge in [-0.25, -0.2) is 4.98 Å². The SMILES string of the molecule is CCN(c1nc(CN(C(=O)C(C)(C)C)c2ccccc2C)cs1)C1CC1. The summed E-state index contributed by atoms with van der Waals surface area (Å²) in [5.41, 5.74) is 2.60. The van der Waals surface area contributed by atoms with E-state index in [0.29, 0.717) is 12.6 Å². The zero-order chi connectivity index (χ0) is 18.9. The molecule has 1 heterocycles. The van der Waals surface area contributed by atoms with Crippen LogP contribution in [0.3, 0.4) is 0 Å². The second kappa shape index (κ2) is 7.39. The lowest BCUT2D eigenvalue weighted by atomic mass is 9.94. The molecule has 2 aromatic rings. The summed E-state index contributed by atoms with van der Waals surface area (Å²) in [5, 5.41) is 3.18. The zero-order valence-corrected chi connectivity index (χ0v) is 17.3. The molecule has 0 radical (unpaired) electrons. The molecule has 4 nitrogen and oxygen atoms in total. The Kier molecular flexibility index (Phi) is 5.37. The number of carbonyl (C=O) groups is 1. The molecule has 0 atom stereocenters. The van der Waals surface area contributed by atoms with Crippen LogP contribution < -0.4 is 9.80 Å². The molecule has 1 fully saturated rings. The number of carbonyl (C=O) groups excluding carboxylic acids is 1. The number of hydrogen-bond acceptors (Lipinski definition) is 4. The van der Waals surface area contributed by atoms with Crippen molar-refractivity contribution in [2.45, 2.75) is 60.0 Å². The van der Waals surface area contributed by atoms with E-state index in [2.05, 4.69) is 30.2 Å². The summed E-state index contributed by atoms with van der Waals surface area (Å²) in [6.45, 7) is 11.6. The van der Waals surface area contributed by atoms with Gasteiger partial charge < -0.3 is 9.80 Å². The predicted octanol–water partition coefficient (Wildman–Crippen LogP) is 5.02. The van der Waals surface area contributed by atoms with E-state index in [1.807, 2.05) is 43.9 Å². The topological polar surface area (TPSA) is 36.4 Å². The lowest BCUT2D eigenvalue weighted by Gasteiger charge is -2.30. The second-order valence-corrected chi connectivity index (χ2v) is 8.90. The van der Waals surface area contributed by atoms with Gasteiger partial charge in [0.25, 0.3) is 0 Å². The van der Waals surface area contributed by atoms with E-state index >= 15 is 0 Å². The van der Waals surface area contributed by atoms with Crippen LogP contribution in [0.15, 0.2) is 29.6 Å². The third kappa shape index (κ3) is 4.09. The summed E-state index contributed by atoms with van der Waals surface area (Å²) < 4.78 is 0. The number of rotatable bonds is 6. The first-order chi connectivity index (χ1) is 12.3. The van der Waals surface area contributed by atoms with Gasteiger partial charge in [0.2, 0.25) is 5.91 Å². The molecule has 0 saturated heterocycles. The van der Waals surface area contributed by atoms with E-state index in [1.54, 1.807) is 11.3 Å². The smallest absolute Gasteiger partial charge is 0.232 e. The molecule has 1 aliphatic rings. The lowest BCUT2D eigenvalue weighted by Crippen LogP contribution is -2.39. The van der Waals surface area contributed by atoms with Crippen LogP contribution in [0.4, 0.5) is 10.8 Å². The molecule has 1 aromatic heterocycles. The van der Waals surface area contributed by atoms with E-state index in [1.165, 1.54) is 12.8 Å². The van der Waals surface area contributed by atoms with Crippen molar-refractivity contribution in [3.05, 3.63) is 40.9 Å². The fraction of sp³-hybridized carbons (Fsp3) is 0.524. The van der Waals surface area contributed by atoms with Crippen molar-refractivity contribution in [3.63, 3.8) is 0 Å². The van der Waals surface area contributed by atoms with Crippen molar-refractivity contribution >= 4 is 28.1 Å². The molecule has 26 heavy (non-hydrogen) atoms. The van der Waals surface area contributed by atoms with Gasteiger partial charge in [-0.05, 0) is 38.3 Å². The third-order valence-electron chi connectivity index (χ3n) is 4.73. The highest BCUT2D eigenvalue weighted by atomic mass is 32.1. The van der Waals surface area contributed by atoms with E-state index in [-0.39, 0.29) is 5.91 Å². The van der Waals surface area contributed by atoms with E-state index in [4.69, 9.17) is 4.98 Å². The maximum Gasteiger partial charge on any atom is 0.232 e. The predicted molar refractivity (Wildman–Crippen MR) is 110 cm³/mol. The van der Waals surface area contributed by atoms with Crippen LogP contribution in [0, 0.1) is 12.3 Å². The van der Waals surface area contributed by atoms with Crippen LogP contribution in [0.25, 0.3) is 0 Å². The van der Waals surface area contributed by atoms with Crippen molar-refractivity contribution < 1.29 is 4.79 Å². The van der Waals surface area contributed by atoms with Gasteiger partial charge in [0, 0.05) is 29.1 Å². The van der Waals surface area contributed by atoms with Gasteiger partial charge in [-0.15, -0.1) is 11.3 Å². The first-order valence-corrected chi connectivity index (χ1v) is 10.3. The van der Waals surface area contributed by atoms with E-state index in [0.717, 1.165) is 28.6 Å². The number of nitrogens with zero attached hydrogens (tertiary/aromatic N) is 3. The molecule has 3 rings (SSSR count). The highest BCUT2D eigenvalue weighted by Gasteiger charge is 2.31. The minimum Gasteiger partial charge on any atom is -0.345 e.